The second-order valence-corrected chi connectivity index (χ2v) is 5.43. The summed E-state index contributed by atoms with van der Waals surface area (Å²) in [4.78, 5) is 0. The van der Waals surface area contributed by atoms with E-state index >= 15 is 0 Å². The van der Waals surface area contributed by atoms with Gasteiger partial charge in [0.2, 0.25) is 0 Å². The highest BCUT2D eigenvalue weighted by Crippen LogP contribution is 2.31. The smallest absolute Gasteiger partial charge is 0.161 e. The molecule has 1 aliphatic heterocycles. The molecule has 1 unspecified atom stereocenters. The minimum absolute atomic E-state index is 0.277. The third kappa shape index (κ3) is 3.54. The zero-order valence-electron chi connectivity index (χ0n) is 10.5. The third-order valence-corrected chi connectivity index (χ3v) is 4.11. The average molecular weight is 269 g/mol. The van der Waals surface area contributed by atoms with Crippen LogP contribution in [0.3, 0.4) is 0 Å². The summed E-state index contributed by atoms with van der Waals surface area (Å²) < 4.78 is 11.3. The fourth-order valence-corrected chi connectivity index (χ4v) is 3.03. The van der Waals surface area contributed by atoms with Gasteiger partial charge in [-0.05, 0) is 36.3 Å². The highest BCUT2D eigenvalue weighted by molar-refractivity contribution is 7.99. The van der Waals surface area contributed by atoms with Gasteiger partial charge in [0.25, 0.3) is 0 Å². The second kappa shape index (κ2) is 6.87. The van der Waals surface area contributed by atoms with Crippen LogP contribution >= 0.6 is 11.8 Å². The van der Waals surface area contributed by atoms with Gasteiger partial charge in [-0.2, -0.15) is 11.8 Å². The number of nitrogens with one attached hydrogen (secondary N) is 1. The predicted octanol–water partition coefficient (Wildman–Crippen LogP) is 2.45. The van der Waals surface area contributed by atoms with Crippen LogP contribution in [0.15, 0.2) is 18.2 Å². The Morgan fingerprint density at radius 3 is 3.00 bits per heavy atom. The summed E-state index contributed by atoms with van der Waals surface area (Å²) >= 11 is 1.94. The summed E-state index contributed by atoms with van der Waals surface area (Å²) in [6.45, 7) is 0.399. The summed E-state index contributed by atoms with van der Waals surface area (Å²) in [6, 6.07) is 5.72. The van der Waals surface area contributed by atoms with Crippen molar-refractivity contribution in [1.29, 1.82) is 0 Å². The molecule has 0 aliphatic carbocycles. The lowest BCUT2D eigenvalue weighted by Gasteiger charge is -2.23. The molecule has 1 heterocycles. The van der Waals surface area contributed by atoms with Crippen LogP contribution in [0.5, 0.6) is 11.5 Å². The van der Waals surface area contributed by atoms with Gasteiger partial charge in [0.05, 0.1) is 7.11 Å². The van der Waals surface area contributed by atoms with E-state index in [2.05, 4.69) is 5.48 Å². The molecule has 0 spiro atoms. The number of thioether (sulfide) groups is 1. The zero-order chi connectivity index (χ0) is 12.8. The van der Waals surface area contributed by atoms with E-state index in [1.54, 1.807) is 7.11 Å². The lowest BCUT2D eigenvalue weighted by atomic mass is 10.2. The van der Waals surface area contributed by atoms with E-state index in [0.717, 1.165) is 29.2 Å². The summed E-state index contributed by atoms with van der Waals surface area (Å²) in [7, 11) is 1.63. The van der Waals surface area contributed by atoms with E-state index in [-0.39, 0.29) is 6.10 Å². The van der Waals surface area contributed by atoms with Crippen LogP contribution in [-0.4, -0.2) is 29.9 Å². The standard InChI is InChI=1S/C13H19NO3S/c1-16-13-7-10(8-14-15)4-5-12(13)17-11-3-2-6-18-9-11/h4-5,7,11,14-15H,2-3,6,8-9H2,1H3. The number of hydrogen-bond acceptors (Lipinski definition) is 5. The Morgan fingerprint density at radius 2 is 2.33 bits per heavy atom. The van der Waals surface area contributed by atoms with Crippen LogP contribution in [0.25, 0.3) is 0 Å². The van der Waals surface area contributed by atoms with E-state index in [9.17, 15) is 0 Å². The van der Waals surface area contributed by atoms with Gasteiger partial charge < -0.3 is 14.7 Å². The van der Waals surface area contributed by atoms with Crippen LogP contribution in [-0.2, 0) is 6.54 Å². The van der Waals surface area contributed by atoms with Gasteiger partial charge in [-0.25, -0.2) is 5.48 Å². The van der Waals surface area contributed by atoms with E-state index in [0.29, 0.717) is 6.54 Å². The topological polar surface area (TPSA) is 50.7 Å². The molecule has 0 bridgehead atoms. The van der Waals surface area contributed by atoms with Crippen molar-refractivity contribution < 1.29 is 14.7 Å². The molecule has 1 fully saturated rings. The molecule has 4 nitrogen and oxygen atoms in total. The van der Waals surface area contributed by atoms with Gasteiger partial charge in [-0.3, -0.25) is 0 Å². The summed E-state index contributed by atoms with van der Waals surface area (Å²) in [6.07, 6.45) is 2.60. The van der Waals surface area contributed by atoms with E-state index in [4.69, 9.17) is 14.7 Å². The van der Waals surface area contributed by atoms with Crippen LogP contribution in [0.2, 0.25) is 0 Å². The maximum atomic E-state index is 8.69. The first kappa shape index (κ1) is 13.5. The highest BCUT2D eigenvalue weighted by Gasteiger charge is 2.17. The molecule has 1 saturated heterocycles. The number of benzene rings is 1. The molecule has 0 aromatic heterocycles. The summed E-state index contributed by atoms with van der Waals surface area (Å²) in [5.74, 6) is 3.78. The van der Waals surface area contributed by atoms with Crippen molar-refractivity contribution in [3.8, 4) is 11.5 Å². The average Bonchev–Trinajstić information content (AvgIpc) is 2.42. The summed E-state index contributed by atoms with van der Waals surface area (Å²) in [5.41, 5.74) is 3.09. The number of hydroxylamine groups is 1. The van der Waals surface area contributed by atoms with Crippen LogP contribution in [0, 0.1) is 0 Å². The van der Waals surface area contributed by atoms with Crippen LogP contribution < -0.4 is 15.0 Å². The van der Waals surface area contributed by atoms with Gasteiger partial charge in [0.15, 0.2) is 11.5 Å². The van der Waals surface area contributed by atoms with Gasteiger partial charge in [0.1, 0.15) is 6.10 Å². The van der Waals surface area contributed by atoms with E-state index in [1.807, 2.05) is 30.0 Å². The minimum Gasteiger partial charge on any atom is -0.493 e. The van der Waals surface area contributed by atoms with Gasteiger partial charge >= 0.3 is 0 Å². The fraction of sp³-hybridized carbons (Fsp3) is 0.538. The predicted molar refractivity (Wildman–Crippen MR) is 72.6 cm³/mol. The first-order valence-electron chi connectivity index (χ1n) is 6.11. The lowest BCUT2D eigenvalue weighted by molar-refractivity contribution is 0.161. The number of methoxy groups -OCH3 is 1. The molecule has 0 saturated carbocycles. The van der Waals surface area contributed by atoms with Crippen molar-refractivity contribution in [1.82, 2.24) is 5.48 Å². The molecule has 1 aromatic rings. The number of rotatable bonds is 5. The number of ether oxygens (including phenoxy) is 2. The first-order chi connectivity index (χ1) is 8.83. The largest absolute Gasteiger partial charge is 0.493 e. The Balaban J connectivity index is 2.06. The quantitative estimate of drug-likeness (QED) is 0.804. The van der Waals surface area contributed by atoms with Crippen LogP contribution in [0.1, 0.15) is 18.4 Å². The Bertz CT molecular complexity index is 380. The molecular formula is C13H19NO3S. The normalized spacial score (nSPS) is 19.6. The Labute approximate surface area is 112 Å². The molecule has 0 amide bonds. The SMILES string of the molecule is COc1cc(CNO)ccc1OC1CCCSC1. The van der Waals surface area contributed by atoms with E-state index < -0.39 is 0 Å². The Kier molecular flexibility index (Phi) is 5.16. The first-order valence-corrected chi connectivity index (χ1v) is 7.27. The maximum absolute atomic E-state index is 8.69. The molecular weight excluding hydrogens is 250 g/mol. The molecule has 2 rings (SSSR count). The molecule has 5 heteroatoms. The second-order valence-electron chi connectivity index (χ2n) is 4.28. The molecule has 0 radical (unpaired) electrons. The Hall–Kier alpha value is -0.910. The highest BCUT2D eigenvalue weighted by atomic mass is 32.2. The van der Waals surface area contributed by atoms with Crippen molar-refractivity contribution in [3.63, 3.8) is 0 Å². The zero-order valence-corrected chi connectivity index (χ0v) is 11.3. The van der Waals surface area contributed by atoms with Crippen molar-refractivity contribution in [3.05, 3.63) is 23.8 Å². The maximum Gasteiger partial charge on any atom is 0.161 e. The fourth-order valence-electron chi connectivity index (χ4n) is 1.99. The molecule has 18 heavy (non-hydrogen) atoms. The monoisotopic (exact) mass is 269 g/mol. The molecule has 1 atom stereocenters. The number of hydrogen-bond donors (Lipinski definition) is 2. The minimum atomic E-state index is 0.277. The van der Waals surface area contributed by atoms with Gasteiger partial charge in [0, 0.05) is 12.3 Å². The van der Waals surface area contributed by atoms with Crippen molar-refractivity contribution in [2.45, 2.75) is 25.5 Å². The van der Waals surface area contributed by atoms with Crippen molar-refractivity contribution >= 4 is 11.8 Å². The molecule has 100 valence electrons. The van der Waals surface area contributed by atoms with Gasteiger partial charge in [-0.1, -0.05) is 6.07 Å². The van der Waals surface area contributed by atoms with Crippen LogP contribution in [0.4, 0.5) is 0 Å². The molecule has 1 aromatic carbocycles. The van der Waals surface area contributed by atoms with E-state index in [1.165, 1.54) is 12.2 Å². The third-order valence-electron chi connectivity index (χ3n) is 2.92. The Morgan fingerprint density at radius 1 is 1.44 bits per heavy atom. The van der Waals surface area contributed by atoms with Crippen molar-refractivity contribution in [2.24, 2.45) is 0 Å². The lowest BCUT2D eigenvalue weighted by Crippen LogP contribution is -2.23. The molecule has 2 N–H and O–H groups in total. The summed E-state index contributed by atoms with van der Waals surface area (Å²) in [5, 5.41) is 8.69. The van der Waals surface area contributed by atoms with Gasteiger partial charge in [-0.15, -0.1) is 0 Å². The molecule has 1 aliphatic rings. The van der Waals surface area contributed by atoms with Crippen molar-refractivity contribution in [2.75, 3.05) is 18.6 Å².